The van der Waals surface area contributed by atoms with Gasteiger partial charge in [0.25, 0.3) is 0 Å². The van der Waals surface area contributed by atoms with Crippen molar-refractivity contribution in [2.45, 2.75) is 82.0 Å². The lowest BCUT2D eigenvalue weighted by Crippen LogP contribution is -2.55. The SMILES string of the molecule is CC1(C)CC([C@H](c2ccc(F)cc2)[C@H](NC(=O)O)C(=O)Nc2ccc(F)c(F)c2CC[C@H]2CN[C@@H]3CCCS(O)(O)N2C3)CCO1. The molecule has 5 rings (SSSR count). The smallest absolute Gasteiger partial charge is 0.405 e. The van der Waals surface area contributed by atoms with Gasteiger partial charge in [0.2, 0.25) is 5.91 Å². The monoisotopic (exact) mass is 668 g/mol. The Hall–Kier alpha value is -2.88. The van der Waals surface area contributed by atoms with Crippen LogP contribution in [0.3, 0.4) is 0 Å². The summed E-state index contributed by atoms with van der Waals surface area (Å²) in [7, 11) is -3.01. The van der Waals surface area contributed by atoms with E-state index >= 15 is 4.39 Å². The van der Waals surface area contributed by atoms with Gasteiger partial charge in [0.05, 0.1) is 11.4 Å². The van der Waals surface area contributed by atoms with Gasteiger partial charge >= 0.3 is 6.09 Å². The molecule has 6 atom stereocenters. The number of ether oxygens (including phenoxy) is 1. The number of piperazine rings is 1. The van der Waals surface area contributed by atoms with Gasteiger partial charge in [-0.3, -0.25) is 13.9 Å². The van der Waals surface area contributed by atoms with Crippen molar-refractivity contribution >= 4 is 28.5 Å². The Morgan fingerprint density at radius 2 is 1.87 bits per heavy atom. The van der Waals surface area contributed by atoms with Crippen molar-refractivity contribution in [3.63, 3.8) is 0 Å². The first-order valence-corrected chi connectivity index (χ1v) is 17.3. The number of hydrogen-bond donors (Lipinski definition) is 6. The topological polar surface area (TPSA) is 143 Å². The predicted octanol–water partition coefficient (Wildman–Crippen LogP) is 5.70. The molecule has 2 amide bonds. The molecule has 2 bridgehead atoms. The van der Waals surface area contributed by atoms with Gasteiger partial charge < -0.3 is 25.8 Å². The van der Waals surface area contributed by atoms with Gasteiger partial charge in [-0.15, -0.1) is 10.8 Å². The third kappa shape index (κ3) is 7.97. The third-order valence-electron chi connectivity index (χ3n) is 9.40. The summed E-state index contributed by atoms with van der Waals surface area (Å²) in [5.41, 5.74) is -0.137. The molecule has 46 heavy (non-hydrogen) atoms. The van der Waals surface area contributed by atoms with E-state index in [0.717, 1.165) is 12.5 Å². The first-order chi connectivity index (χ1) is 21.7. The zero-order valence-electron chi connectivity index (χ0n) is 26.0. The number of hydrogen-bond acceptors (Lipinski definition) is 7. The molecule has 2 aromatic rings. The fourth-order valence-electron chi connectivity index (χ4n) is 7.21. The van der Waals surface area contributed by atoms with Crippen LogP contribution in [0.25, 0.3) is 0 Å². The van der Waals surface area contributed by atoms with Crippen LogP contribution in [-0.4, -0.2) is 79.7 Å². The van der Waals surface area contributed by atoms with Crippen LogP contribution in [0.5, 0.6) is 0 Å². The van der Waals surface area contributed by atoms with Crippen LogP contribution in [0.4, 0.5) is 23.7 Å². The van der Waals surface area contributed by atoms with Gasteiger partial charge in [-0.2, -0.15) is 0 Å². The van der Waals surface area contributed by atoms with E-state index in [9.17, 15) is 32.6 Å². The number of amides is 2. The highest BCUT2D eigenvalue weighted by Crippen LogP contribution is 2.49. The van der Waals surface area contributed by atoms with Crippen LogP contribution in [0.1, 0.15) is 63.0 Å². The highest BCUT2D eigenvalue weighted by molar-refractivity contribution is 8.22. The maximum atomic E-state index is 15.4. The molecule has 3 aliphatic heterocycles. The number of carboxylic acid groups (broad SMARTS) is 1. The molecule has 0 saturated carbocycles. The van der Waals surface area contributed by atoms with Crippen molar-refractivity contribution in [3.8, 4) is 0 Å². The molecule has 6 N–H and O–H groups in total. The molecule has 3 heterocycles. The summed E-state index contributed by atoms with van der Waals surface area (Å²) in [6.07, 6.45) is 1.22. The Morgan fingerprint density at radius 3 is 2.57 bits per heavy atom. The molecule has 254 valence electrons. The Balaban J connectivity index is 1.43. The Labute approximate surface area is 268 Å². The van der Waals surface area contributed by atoms with Crippen molar-refractivity contribution in [2.24, 2.45) is 5.92 Å². The normalized spacial score (nSPS) is 27.5. The lowest BCUT2D eigenvalue weighted by molar-refractivity contribution is -0.120. The van der Waals surface area contributed by atoms with E-state index < -0.39 is 57.8 Å². The summed E-state index contributed by atoms with van der Waals surface area (Å²) in [6.45, 7) is 5.05. The number of halogens is 3. The van der Waals surface area contributed by atoms with Crippen LogP contribution < -0.4 is 16.0 Å². The Morgan fingerprint density at radius 1 is 1.13 bits per heavy atom. The highest BCUT2D eigenvalue weighted by Gasteiger charge is 2.42. The Bertz CT molecular complexity index is 1410. The molecule has 2 aromatic carbocycles. The van der Waals surface area contributed by atoms with E-state index in [1.165, 1.54) is 30.3 Å². The molecule has 14 heteroatoms. The summed E-state index contributed by atoms with van der Waals surface area (Å²) < 4.78 is 73.0. The number of nitrogens with zero attached hydrogens (tertiary/aromatic N) is 1. The van der Waals surface area contributed by atoms with Gasteiger partial charge in [-0.05, 0) is 88.1 Å². The van der Waals surface area contributed by atoms with Crippen molar-refractivity contribution in [1.82, 2.24) is 14.9 Å². The lowest BCUT2D eigenvalue weighted by atomic mass is 9.73. The van der Waals surface area contributed by atoms with Crippen LogP contribution in [-0.2, 0) is 16.0 Å². The summed E-state index contributed by atoms with van der Waals surface area (Å²) in [5, 5.41) is 18.2. The van der Waals surface area contributed by atoms with Crippen molar-refractivity contribution < 1.29 is 41.7 Å². The molecule has 3 saturated heterocycles. The molecule has 10 nitrogen and oxygen atoms in total. The fraction of sp³-hybridized carbons (Fsp3) is 0.562. The number of nitrogens with one attached hydrogen (secondary N) is 3. The van der Waals surface area contributed by atoms with E-state index in [2.05, 4.69) is 16.0 Å². The number of carbonyl (C=O) groups excluding carboxylic acids is 1. The average molecular weight is 669 g/mol. The summed E-state index contributed by atoms with van der Waals surface area (Å²) in [5.74, 6) is -4.25. The minimum absolute atomic E-state index is 0.0182. The summed E-state index contributed by atoms with van der Waals surface area (Å²) in [6, 6.07) is 6.04. The standard InChI is InChI=1S/C32H43F3N4O6S/c1-32(2)16-20(13-14-45-32)27(19-5-7-21(33)8-6-19)29(38-31(41)42)30(40)37-26-12-11-25(34)28(35)24(26)10-9-23-17-36-22-4-3-15-46(43,44)39(23)18-22/h5-8,11-12,20,22-23,27,29,36,38,43-44H,3-4,9-10,13-18H2,1-2H3,(H,37,40)(H,41,42)/t20?,22-,23+,27+,29+/m1/s1. The van der Waals surface area contributed by atoms with Gasteiger partial charge in [0, 0.05) is 48.9 Å². The first-order valence-electron chi connectivity index (χ1n) is 15.7. The predicted molar refractivity (Wildman–Crippen MR) is 169 cm³/mol. The molecule has 3 aliphatic rings. The van der Waals surface area contributed by atoms with E-state index in [0.29, 0.717) is 44.5 Å². The van der Waals surface area contributed by atoms with Crippen LogP contribution in [0.15, 0.2) is 36.4 Å². The largest absolute Gasteiger partial charge is 0.465 e. The molecule has 2 unspecified atom stereocenters. The summed E-state index contributed by atoms with van der Waals surface area (Å²) >= 11 is 0. The van der Waals surface area contributed by atoms with E-state index in [-0.39, 0.29) is 47.8 Å². The number of anilines is 1. The molecular formula is C32H43F3N4O6S. The van der Waals surface area contributed by atoms with Crippen molar-refractivity contribution in [3.05, 3.63) is 65.0 Å². The van der Waals surface area contributed by atoms with Gasteiger partial charge in [0.15, 0.2) is 11.6 Å². The van der Waals surface area contributed by atoms with Gasteiger partial charge in [-0.1, -0.05) is 12.1 Å². The maximum absolute atomic E-state index is 15.4. The first kappa shape index (κ1) is 34.5. The minimum Gasteiger partial charge on any atom is -0.465 e. The van der Waals surface area contributed by atoms with E-state index in [1.54, 1.807) is 4.31 Å². The van der Waals surface area contributed by atoms with Gasteiger partial charge in [-0.25, -0.2) is 22.3 Å². The second-order valence-corrected chi connectivity index (χ2v) is 15.3. The minimum atomic E-state index is -3.01. The second-order valence-electron chi connectivity index (χ2n) is 13.1. The van der Waals surface area contributed by atoms with Crippen molar-refractivity contribution in [2.75, 3.05) is 30.8 Å². The molecule has 3 fully saturated rings. The molecular weight excluding hydrogens is 625 g/mol. The van der Waals surface area contributed by atoms with Crippen LogP contribution >= 0.6 is 10.8 Å². The third-order valence-corrected chi connectivity index (χ3v) is 11.4. The lowest BCUT2D eigenvalue weighted by Gasteiger charge is -2.49. The quantitative estimate of drug-likeness (QED) is 0.200. The Kier molecular flexibility index (Phi) is 10.5. The fourth-order valence-corrected chi connectivity index (χ4v) is 9.07. The van der Waals surface area contributed by atoms with Crippen LogP contribution in [0, 0.1) is 23.4 Å². The molecule has 0 aromatic heterocycles. The number of carbonyl (C=O) groups is 2. The number of fused-ring (bicyclic) bond motifs is 2. The van der Waals surface area contributed by atoms with Crippen LogP contribution in [0.2, 0.25) is 0 Å². The molecule has 0 radical (unpaired) electrons. The van der Waals surface area contributed by atoms with Crippen molar-refractivity contribution in [1.29, 1.82) is 0 Å². The summed E-state index contributed by atoms with van der Waals surface area (Å²) in [4.78, 5) is 26.1. The number of benzene rings is 2. The molecule has 0 spiro atoms. The van der Waals surface area contributed by atoms with E-state index in [4.69, 9.17) is 4.74 Å². The molecule has 0 aliphatic carbocycles. The van der Waals surface area contributed by atoms with E-state index in [1.807, 2.05) is 13.8 Å². The average Bonchev–Trinajstić information content (AvgIpc) is 3.10. The second kappa shape index (κ2) is 14.1. The highest BCUT2D eigenvalue weighted by atomic mass is 32.3. The van der Waals surface area contributed by atoms with Gasteiger partial charge in [0.1, 0.15) is 11.9 Å². The zero-order valence-corrected chi connectivity index (χ0v) is 26.8. The number of rotatable bonds is 9. The zero-order chi connectivity index (χ0) is 33.2. The maximum Gasteiger partial charge on any atom is 0.405 e.